The minimum atomic E-state index is -3.20. The number of hydrogen-bond donors (Lipinski definition) is 2. The Morgan fingerprint density at radius 2 is 2.12 bits per heavy atom. The van der Waals surface area contributed by atoms with Crippen LogP contribution in [0.3, 0.4) is 0 Å². The van der Waals surface area contributed by atoms with Crippen LogP contribution >= 0.6 is 0 Å². The fraction of sp³-hybridized carbons (Fsp3) is 0.812. The number of nitrogens with zero attached hydrogens (tertiary/aromatic N) is 2. The molecule has 2 N–H and O–H groups in total. The number of aromatic nitrogens is 2. The fourth-order valence-electron chi connectivity index (χ4n) is 2.88. The maximum absolute atomic E-state index is 13.2. The van der Waals surface area contributed by atoms with Gasteiger partial charge in [0.1, 0.15) is 5.60 Å². The van der Waals surface area contributed by atoms with Crippen LogP contribution < -0.4 is 5.32 Å². The first-order chi connectivity index (χ1) is 11.4. The van der Waals surface area contributed by atoms with Crippen molar-refractivity contribution in [3.8, 4) is 0 Å². The Kier molecular flexibility index (Phi) is 5.36. The normalized spacial score (nSPS) is 24.8. The van der Waals surface area contributed by atoms with Crippen LogP contribution in [0.15, 0.2) is 4.52 Å². The highest BCUT2D eigenvalue weighted by Crippen LogP contribution is 2.32. The van der Waals surface area contributed by atoms with Crippen LogP contribution in [0.1, 0.15) is 65.1 Å². The molecule has 0 unspecified atom stereocenters. The van der Waals surface area contributed by atoms with Gasteiger partial charge in [-0.3, -0.25) is 0 Å². The zero-order valence-corrected chi connectivity index (χ0v) is 14.9. The van der Waals surface area contributed by atoms with Crippen LogP contribution in [0.2, 0.25) is 0 Å². The number of carbonyl (C=O) groups is 1. The third-order valence-electron chi connectivity index (χ3n) is 3.88. The summed E-state index contributed by atoms with van der Waals surface area (Å²) in [4.78, 5) is 15.5. The van der Waals surface area contributed by atoms with Gasteiger partial charge in [0.25, 0.3) is 0 Å². The summed E-state index contributed by atoms with van der Waals surface area (Å²) in [6.45, 7) is 5.97. The number of carbonyl (C=O) groups excluding carboxylic acids is 1. The number of aliphatic hydroxyl groups is 1. The molecule has 1 amide bonds. The first-order valence-corrected chi connectivity index (χ1v) is 8.29. The average molecular weight is 361 g/mol. The summed E-state index contributed by atoms with van der Waals surface area (Å²) in [6, 6.07) is -0.274. The lowest BCUT2D eigenvalue weighted by atomic mass is 9.79. The van der Waals surface area contributed by atoms with Crippen LogP contribution in [-0.4, -0.2) is 38.6 Å². The third kappa shape index (κ3) is 5.91. The van der Waals surface area contributed by atoms with Crippen LogP contribution in [-0.2, 0) is 17.1 Å². The van der Waals surface area contributed by atoms with Crippen molar-refractivity contribution in [3.05, 3.63) is 11.7 Å². The largest absolute Gasteiger partial charge is 0.444 e. The molecule has 25 heavy (non-hydrogen) atoms. The lowest BCUT2D eigenvalue weighted by Gasteiger charge is -2.36. The van der Waals surface area contributed by atoms with E-state index >= 15 is 0 Å². The molecule has 1 aliphatic rings. The number of amides is 1. The highest BCUT2D eigenvalue weighted by Gasteiger charge is 2.38. The summed E-state index contributed by atoms with van der Waals surface area (Å²) >= 11 is 0. The molecule has 2 rings (SSSR count). The molecule has 1 aromatic rings. The number of ether oxygens (including phenoxy) is 1. The maximum atomic E-state index is 13.2. The monoisotopic (exact) mass is 361 g/mol. The molecule has 0 radical (unpaired) electrons. The van der Waals surface area contributed by atoms with Crippen molar-refractivity contribution in [1.82, 2.24) is 15.5 Å². The summed E-state index contributed by atoms with van der Waals surface area (Å²) in [5, 5.41) is 16.7. The smallest absolute Gasteiger partial charge is 0.407 e. The molecule has 0 aliphatic heterocycles. The molecule has 0 saturated heterocycles. The summed E-state index contributed by atoms with van der Waals surface area (Å²) < 4.78 is 36.4. The second kappa shape index (κ2) is 6.86. The predicted molar refractivity (Wildman–Crippen MR) is 84.1 cm³/mol. The number of hydrogen-bond acceptors (Lipinski definition) is 6. The second-order valence-electron chi connectivity index (χ2n) is 7.74. The van der Waals surface area contributed by atoms with Gasteiger partial charge >= 0.3 is 12.0 Å². The Morgan fingerprint density at radius 3 is 2.68 bits per heavy atom. The molecular weight excluding hydrogens is 336 g/mol. The minimum absolute atomic E-state index is 0.0391. The molecule has 1 saturated carbocycles. The van der Waals surface area contributed by atoms with E-state index in [1.54, 1.807) is 20.8 Å². The van der Waals surface area contributed by atoms with Gasteiger partial charge in [0, 0.05) is 13.0 Å². The van der Waals surface area contributed by atoms with E-state index < -0.39 is 29.0 Å². The van der Waals surface area contributed by atoms with Crippen molar-refractivity contribution < 1.29 is 27.9 Å². The molecule has 0 bridgehead atoms. The van der Waals surface area contributed by atoms with E-state index in [0.29, 0.717) is 26.2 Å². The van der Waals surface area contributed by atoms with Crippen molar-refractivity contribution in [2.24, 2.45) is 0 Å². The molecule has 1 aromatic heterocycles. The van der Waals surface area contributed by atoms with Gasteiger partial charge in [0.2, 0.25) is 11.7 Å². The topological polar surface area (TPSA) is 97.5 Å². The minimum Gasteiger partial charge on any atom is -0.444 e. The molecule has 9 heteroatoms. The van der Waals surface area contributed by atoms with Crippen LogP contribution in [0.4, 0.5) is 13.6 Å². The second-order valence-corrected chi connectivity index (χ2v) is 7.74. The van der Waals surface area contributed by atoms with Gasteiger partial charge in [-0.2, -0.15) is 13.8 Å². The van der Waals surface area contributed by atoms with Crippen LogP contribution in [0.5, 0.6) is 0 Å². The Labute approximate surface area is 145 Å². The lowest BCUT2D eigenvalue weighted by Crippen LogP contribution is -2.48. The van der Waals surface area contributed by atoms with Crippen molar-refractivity contribution in [2.45, 2.75) is 83.0 Å². The SMILES string of the molecule is CC(C)(C)OC(=O)N[C@@H]1CCC[C@](O)(Cc2nc(C(C)(F)F)no2)C1. The molecule has 2 atom stereocenters. The molecule has 1 heterocycles. The van der Waals surface area contributed by atoms with E-state index in [4.69, 9.17) is 9.26 Å². The van der Waals surface area contributed by atoms with Gasteiger partial charge in [0.05, 0.1) is 12.0 Å². The number of rotatable bonds is 4. The first-order valence-electron chi connectivity index (χ1n) is 8.29. The lowest BCUT2D eigenvalue weighted by molar-refractivity contribution is -0.0149. The van der Waals surface area contributed by atoms with Gasteiger partial charge in [-0.25, -0.2) is 4.79 Å². The van der Waals surface area contributed by atoms with Crippen LogP contribution in [0, 0.1) is 0 Å². The Balaban J connectivity index is 1.96. The van der Waals surface area contributed by atoms with Crippen molar-refractivity contribution in [2.75, 3.05) is 0 Å². The van der Waals surface area contributed by atoms with Crippen molar-refractivity contribution in [1.29, 1.82) is 0 Å². The third-order valence-corrected chi connectivity index (χ3v) is 3.88. The van der Waals surface area contributed by atoms with Gasteiger partial charge in [-0.05, 0) is 46.5 Å². The quantitative estimate of drug-likeness (QED) is 0.856. The molecule has 0 spiro atoms. The van der Waals surface area contributed by atoms with Gasteiger partial charge in [-0.1, -0.05) is 5.16 Å². The van der Waals surface area contributed by atoms with E-state index in [9.17, 15) is 18.7 Å². The van der Waals surface area contributed by atoms with Crippen molar-refractivity contribution in [3.63, 3.8) is 0 Å². The van der Waals surface area contributed by atoms with Gasteiger partial charge < -0.3 is 19.7 Å². The number of halogens is 2. The summed E-state index contributed by atoms with van der Waals surface area (Å²) in [6.07, 6.45) is 1.49. The predicted octanol–water partition coefficient (Wildman–Crippen LogP) is 2.92. The van der Waals surface area contributed by atoms with E-state index in [-0.39, 0.29) is 24.8 Å². The Morgan fingerprint density at radius 1 is 1.44 bits per heavy atom. The molecular formula is C16H25F2N3O4. The van der Waals surface area contributed by atoms with Gasteiger partial charge in [-0.15, -0.1) is 0 Å². The van der Waals surface area contributed by atoms with Crippen LogP contribution in [0.25, 0.3) is 0 Å². The van der Waals surface area contributed by atoms with E-state index in [1.165, 1.54) is 0 Å². The number of alkyl halides is 2. The highest BCUT2D eigenvalue weighted by atomic mass is 19.3. The molecule has 0 aromatic carbocycles. The number of alkyl carbamates (subject to hydrolysis) is 1. The first kappa shape index (κ1) is 19.6. The van der Waals surface area contributed by atoms with Crippen molar-refractivity contribution >= 4 is 6.09 Å². The molecule has 1 fully saturated rings. The Hall–Kier alpha value is -1.77. The zero-order chi connectivity index (χ0) is 18.9. The average Bonchev–Trinajstić information content (AvgIpc) is 2.83. The summed E-state index contributed by atoms with van der Waals surface area (Å²) in [5.74, 6) is -3.94. The van der Waals surface area contributed by atoms with E-state index in [1.807, 2.05) is 0 Å². The van der Waals surface area contributed by atoms with E-state index in [0.717, 1.165) is 0 Å². The maximum Gasteiger partial charge on any atom is 0.407 e. The standard InChI is InChI=1S/C16H25F2N3O4/c1-14(2,3)24-13(22)19-10-6-5-7-16(23,8-10)9-11-20-12(21-25-11)15(4,17)18/h10,23H,5-9H2,1-4H3,(H,19,22)/t10-,16-/m1/s1. The number of nitrogens with one attached hydrogen (secondary N) is 1. The van der Waals surface area contributed by atoms with E-state index in [2.05, 4.69) is 15.5 Å². The summed E-state index contributed by atoms with van der Waals surface area (Å²) in [5.41, 5.74) is -1.81. The highest BCUT2D eigenvalue weighted by molar-refractivity contribution is 5.68. The molecule has 7 nitrogen and oxygen atoms in total. The van der Waals surface area contributed by atoms with Gasteiger partial charge in [0.15, 0.2) is 0 Å². The summed E-state index contributed by atoms with van der Waals surface area (Å²) in [7, 11) is 0. The molecule has 142 valence electrons. The Bertz CT molecular complexity index is 609. The fourth-order valence-corrected chi connectivity index (χ4v) is 2.88. The molecule has 1 aliphatic carbocycles. The zero-order valence-electron chi connectivity index (χ0n) is 14.9.